The molecule has 0 spiro atoms. The molecule has 24 heavy (non-hydrogen) atoms. The number of nitrogens with one attached hydrogen (secondary N) is 1. The first-order valence-corrected chi connectivity index (χ1v) is 9.27. The van der Waals surface area contributed by atoms with Gasteiger partial charge in [-0.15, -0.1) is 0 Å². The van der Waals surface area contributed by atoms with Crippen LogP contribution in [0, 0.1) is 0 Å². The van der Waals surface area contributed by atoms with Crippen LogP contribution in [0.25, 0.3) is 0 Å². The number of ether oxygens (including phenoxy) is 1. The Hall–Kier alpha value is -1.84. The number of benzene rings is 1. The molecule has 0 aromatic heterocycles. The molecule has 1 atom stereocenters. The largest absolute Gasteiger partial charge is 0.494 e. The lowest BCUT2D eigenvalue weighted by Crippen LogP contribution is -2.37. The highest BCUT2D eigenvalue weighted by atomic mass is 16.5. The zero-order chi connectivity index (χ0) is 17.2. The lowest BCUT2D eigenvalue weighted by molar-refractivity contribution is -0.118. The minimum absolute atomic E-state index is 0.141. The second-order valence-electron chi connectivity index (χ2n) is 6.53. The highest BCUT2D eigenvalue weighted by Gasteiger charge is 2.25. The number of hydrogen-bond acceptors (Lipinski definition) is 3. The Balaban J connectivity index is 1.68. The molecule has 0 bridgehead atoms. The number of ketones is 1. The third-order valence-corrected chi connectivity index (χ3v) is 4.49. The van der Waals surface area contributed by atoms with Crippen LogP contribution in [0.1, 0.15) is 75.1 Å². The van der Waals surface area contributed by atoms with Gasteiger partial charge in [0.2, 0.25) is 0 Å². The number of carbonyl (C=O) groups excluding carboxylic acids is 2. The van der Waals surface area contributed by atoms with E-state index in [1.807, 2.05) is 12.1 Å². The lowest BCUT2D eigenvalue weighted by Gasteiger charge is -2.11. The van der Waals surface area contributed by atoms with Gasteiger partial charge in [-0.05, 0) is 43.5 Å². The monoisotopic (exact) mass is 331 g/mol. The summed E-state index contributed by atoms with van der Waals surface area (Å²) in [4.78, 5) is 23.7. The second-order valence-corrected chi connectivity index (χ2v) is 6.53. The number of hydrogen-bond donors (Lipinski definition) is 1. The zero-order valence-corrected chi connectivity index (χ0v) is 14.7. The highest BCUT2D eigenvalue weighted by molar-refractivity contribution is 5.98. The molecule has 4 heteroatoms. The summed E-state index contributed by atoms with van der Waals surface area (Å²) in [6, 6.07) is 6.85. The van der Waals surface area contributed by atoms with Gasteiger partial charge in [0.1, 0.15) is 5.75 Å². The van der Waals surface area contributed by atoms with Crippen LogP contribution in [-0.2, 0) is 4.79 Å². The van der Waals surface area contributed by atoms with Crippen molar-refractivity contribution in [3.63, 3.8) is 0 Å². The molecule has 1 saturated carbocycles. The second kappa shape index (κ2) is 10.1. The van der Waals surface area contributed by atoms with Crippen LogP contribution in [0.4, 0.5) is 0 Å². The van der Waals surface area contributed by atoms with E-state index in [1.54, 1.807) is 12.1 Å². The number of unbranched alkanes of at least 4 members (excludes halogenated alkanes) is 5. The maximum atomic E-state index is 12.1. The Labute approximate surface area is 145 Å². The minimum atomic E-state index is -0.305. The van der Waals surface area contributed by atoms with Crippen molar-refractivity contribution in [1.82, 2.24) is 5.32 Å². The molecule has 1 aliphatic rings. The Bertz CT molecular complexity index is 524. The molecule has 2 rings (SSSR count). The molecule has 0 radical (unpaired) electrons. The molecule has 0 saturated heterocycles. The van der Waals surface area contributed by atoms with Gasteiger partial charge in [-0.3, -0.25) is 9.59 Å². The van der Waals surface area contributed by atoms with Crippen LogP contribution >= 0.6 is 0 Å². The van der Waals surface area contributed by atoms with Gasteiger partial charge >= 0.3 is 0 Å². The van der Waals surface area contributed by atoms with E-state index < -0.39 is 0 Å². The zero-order valence-electron chi connectivity index (χ0n) is 14.7. The standard InChI is InChI=1S/C20H29NO3/c1-2-3-4-5-6-7-15-24-17-13-11-16(12-14-17)20(23)21-18-9-8-10-19(18)22/h11-14,18H,2-10,15H2,1H3,(H,21,23). The van der Waals surface area contributed by atoms with Crippen molar-refractivity contribution < 1.29 is 14.3 Å². The fourth-order valence-corrected chi connectivity index (χ4v) is 2.98. The van der Waals surface area contributed by atoms with Crippen molar-refractivity contribution in [2.45, 2.75) is 70.8 Å². The van der Waals surface area contributed by atoms with Gasteiger partial charge in [0.05, 0.1) is 12.6 Å². The van der Waals surface area contributed by atoms with Crippen molar-refractivity contribution in [3.05, 3.63) is 29.8 Å². The first-order valence-electron chi connectivity index (χ1n) is 9.27. The van der Waals surface area contributed by atoms with E-state index in [9.17, 15) is 9.59 Å². The highest BCUT2D eigenvalue weighted by Crippen LogP contribution is 2.17. The first kappa shape index (κ1) is 18.5. The van der Waals surface area contributed by atoms with Crippen LogP contribution in [0.3, 0.4) is 0 Å². The molecule has 1 aromatic rings. The van der Waals surface area contributed by atoms with Gasteiger partial charge in [0.15, 0.2) is 5.78 Å². The molecule has 0 aliphatic heterocycles. The lowest BCUT2D eigenvalue weighted by atomic mass is 10.1. The average Bonchev–Trinajstić information content (AvgIpc) is 2.99. The molecule has 1 fully saturated rings. The molecule has 0 heterocycles. The minimum Gasteiger partial charge on any atom is -0.494 e. The summed E-state index contributed by atoms with van der Waals surface area (Å²) in [7, 11) is 0. The molecule has 132 valence electrons. The van der Waals surface area contributed by atoms with Crippen molar-refractivity contribution in [1.29, 1.82) is 0 Å². The van der Waals surface area contributed by atoms with Crippen LogP contribution in [-0.4, -0.2) is 24.3 Å². The van der Waals surface area contributed by atoms with Gasteiger partial charge in [0, 0.05) is 12.0 Å². The van der Waals surface area contributed by atoms with E-state index in [2.05, 4.69) is 12.2 Å². The van der Waals surface area contributed by atoms with E-state index in [0.717, 1.165) is 25.0 Å². The van der Waals surface area contributed by atoms with E-state index in [0.29, 0.717) is 18.6 Å². The number of Topliss-reactive ketones (excluding diaryl/α,β-unsaturated/α-hetero) is 1. The van der Waals surface area contributed by atoms with Gasteiger partial charge in [0.25, 0.3) is 5.91 Å². The molecule has 1 aliphatic carbocycles. The van der Waals surface area contributed by atoms with Crippen LogP contribution < -0.4 is 10.1 Å². The number of carbonyl (C=O) groups is 2. The fraction of sp³-hybridized carbons (Fsp3) is 0.600. The third-order valence-electron chi connectivity index (χ3n) is 4.49. The van der Waals surface area contributed by atoms with Crippen molar-refractivity contribution in [2.75, 3.05) is 6.61 Å². The molecule has 1 N–H and O–H groups in total. The Morgan fingerprint density at radius 1 is 1.12 bits per heavy atom. The van der Waals surface area contributed by atoms with E-state index >= 15 is 0 Å². The summed E-state index contributed by atoms with van der Waals surface area (Å²) in [5.74, 6) is 0.747. The maximum absolute atomic E-state index is 12.1. The average molecular weight is 331 g/mol. The SMILES string of the molecule is CCCCCCCCOc1ccc(C(=O)NC2CCCC2=O)cc1. The van der Waals surface area contributed by atoms with Crippen LogP contribution in [0.2, 0.25) is 0 Å². The predicted molar refractivity (Wildman–Crippen MR) is 95.4 cm³/mol. The van der Waals surface area contributed by atoms with Crippen molar-refractivity contribution >= 4 is 11.7 Å². The van der Waals surface area contributed by atoms with E-state index in [-0.39, 0.29) is 17.7 Å². The fourth-order valence-electron chi connectivity index (χ4n) is 2.98. The molecule has 1 amide bonds. The van der Waals surface area contributed by atoms with Crippen molar-refractivity contribution in [3.8, 4) is 5.75 Å². The number of amides is 1. The van der Waals surface area contributed by atoms with Gasteiger partial charge in [-0.2, -0.15) is 0 Å². The maximum Gasteiger partial charge on any atom is 0.251 e. The van der Waals surface area contributed by atoms with Crippen LogP contribution in [0.15, 0.2) is 24.3 Å². The summed E-state index contributed by atoms with van der Waals surface area (Å²) >= 11 is 0. The van der Waals surface area contributed by atoms with Gasteiger partial charge in [-0.25, -0.2) is 0 Å². The van der Waals surface area contributed by atoms with Crippen LogP contribution in [0.5, 0.6) is 5.75 Å². The number of rotatable bonds is 10. The molecule has 1 unspecified atom stereocenters. The van der Waals surface area contributed by atoms with E-state index in [1.165, 1.54) is 32.1 Å². The summed E-state index contributed by atoms with van der Waals surface area (Å²) in [5.41, 5.74) is 0.571. The van der Waals surface area contributed by atoms with Gasteiger partial charge in [-0.1, -0.05) is 39.0 Å². The van der Waals surface area contributed by atoms with Crippen molar-refractivity contribution in [2.24, 2.45) is 0 Å². The Morgan fingerprint density at radius 3 is 2.50 bits per heavy atom. The topological polar surface area (TPSA) is 55.4 Å². The first-order chi connectivity index (χ1) is 11.7. The quantitative estimate of drug-likeness (QED) is 0.651. The summed E-state index contributed by atoms with van der Waals surface area (Å²) in [5, 5.41) is 2.81. The predicted octanol–water partition coefficient (Wildman–Crippen LogP) is 4.28. The van der Waals surface area contributed by atoms with E-state index in [4.69, 9.17) is 4.74 Å². The Kier molecular flexibility index (Phi) is 7.80. The summed E-state index contributed by atoms with van der Waals surface area (Å²) in [6.45, 7) is 2.94. The smallest absolute Gasteiger partial charge is 0.251 e. The molecule has 1 aromatic carbocycles. The summed E-state index contributed by atoms with van der Waals surface area (Å²) in [6.07, 6.45) is 9.64. The third kappa shape index (κ3) is 5.99. The summed E-state index contributed by atoms with van der Waals surface area (Å²) < 4.78 is 5.71. The molecule has 4 nitrogen and oxygen atoms in total. The normalized spacial score (nSPS) is 17.0. The van der Waals surface area contributed by atoms with Gasteiger partial charge < -0.3 is 10.1 Å². The Morgan fingerprint density at radius 2 is 1.83 bits per heavy atom. The molecular formula is C20H29NO3. The molecular weight excluding hydrogens is 302 g/mol.